The van der Waals surface area contributed by atoms with Gasteiger partial charge in [0.1, 0.15) is 11.2 Å². The van der Waals surface area contributed by atoms with Crippen LogP contribution in [0.5, 0.6) is 0 Å². The molecule has 0 bridgehead atoms. The SMILES string of the molecule is c1ccc(-c2nc(-c3ccc4c(c3)oc3ccccc34)nc(-c3c(-c4ccccc4)cc(-n4c5cc6ccccc6cc5c5ccc6ccccc6c54)c4ccccc34)n2)cc1. The minimum atomic E-state index is 0.573. The Hall–Kier alpha value is -8.41. The first-order valence-corrected chi connectivity index (χ1v) is 20.9. The Kier molecular flexibility index (Phi) is 7.54. The number of rotatable bonds is 5. The molecule has 3 heterocycles. The monoisotopic (exact) mass is 790 g/mol. The van der Waals surface area contributed by atoms with E-state index in [2.05, 4.69) is 174 Å². The first-order valence-electron chi connectivity index (χ1n) is 20.9. The van der Waals surface area contributed by atoms with Crippen LogP contribution < -0.4 is 0 Å². The van der Waals surface area contributed by atoms with Crippen LogP contribution in [0.1, 0.15) is 0 Å². The molecule has 13 rings (SSSR count). The molecular weight excluding hydrogens is 757 g/mol. The lowest BCUT2D eigenvalue weighted by Gasteiger charge is -2.20. The molecule has 5 nitrogen and oxygen atoms in total. The topological polar surface area (TPSA) is 56.7 Å². The van der Waals surface area contributed by atoms with E-state index in [-0.39, 0.29) is 0 Å². The third kappa shape index (κ3) is 5.32. The van der Waals surface area contributed by atoms with Gasteiger partial charge < -0.3 is 8.98 Å². The summed E-state index contributed by atoms with van der Waals surface area (Å²) in [5.41, 5.74) is 9.86. The summed E-state index contributed by atoms with van der Waals surface area (Å²) in [6.45, 7) is 0. The summed E-state index contributed by atoms with van der Waals surface area (Å²) >= 11 is 0. The summed E-state index contributed by atoms with van der Waals surface area (Å²) in [5, 5.41) is 11.5. The molecule has 0 saturated carbocycles. The molecule has 0 aliphatic rings. The molecule has 0 aliphatic heterocycles. The molecule has 0 spiro atoms. The molecule has 5 heteroatoms. The number of furan rings is 1. The van der Waals surface area contributed by atoms with Crippen LogP contribution in [0.4, 0.5) is 0 Å². The van der Waals surface area contributed by atoms with Crippen molar-refractivity contribution >= 4 is 76.1 Å². The van der Waals surface area contributed by atoms with Gasteiger partial charge in [0, 0.05) is 49.0 Å². The number of benzene rings is 10. The van der Waals surface area contributed by atoms with E-state index in [1.807, 2.05) is 36.4 Å². The van der Waals surface area contributed by atoms with Crippen LogP contribution in [0, 0.1) is 0 Å². The fraction of sp³-hybridized carbons (Fsp3) is 0. The van der Waals surface area contributed by atoms with Crippen molar-refractivity contribution in [3.63, 3.8) is 0 Å². The van der Waals surface area contributed by atoms with E-state index in [0.29, 0.717) is 17.5 Å². The number of aromatic nitrogens is 4. The van der Waals surface area contributed by atoms with Gasteiger partial charge in [-0.1, -0.05) is 170 Å². The summed E-state index contributed by atoms with van der Waals surface area (Å²) in [6, 6.07) is 72.9. The number of fused-ring (bicyclic) bond motifs is 10. The van der Waals surface area contributed by atoms with E-state index in [1.165, 1.54) is 37.8 Å². The van der Waals surface area contributed by atoms with Crippen molar-refractivity contribution in [1.29, 1.82) is 0 Å². The van der Waals surface area contributed by atoms with Gasteiger partial charge in [0.15, 0.2) is 17.5 Å². The molecule has 10 aromatic carbocycles. The lowest BCUT2D eigenvalue weighted by molar-refractivity contribution is 0.669. The van der Waals surface area contributed by atoms with Crippen molar-refractivity contribution in [2.45, 2.75) is 0 Å². The number of nitrogens with zero attached hydrogens (tertiary/aromatic N) is 4. The molecule has 0 unspecified atom stereocenters. The van der Waals surface area contributed by atoms with Gasteiger partial charge >= 0.3 is 0 Å². The van der Waals surface area contributed by atoms with E-state index in [9.17, 15) is 0 Å². The lowest BCUT2D eigenvalue weighted by Crippen LogP contribution is -2.03. The van der Waals surface area contributed by atoms with Crippen molar-refractivity contribution in [3.05, 3.63) is 206 Å². The zero-order valence-electron chi connectivity index (χ0n) is 33.3. The van der Waals surface area contributed by atoms with Crippen molar-refractivity contribution in [3.8, 4) is 51.0 Å². The predicted molar refractivity (Wildman–Crippen MR) is 256 cm³/mol. The van der Waals surface area contributed by atoms with Gasteiger partial charge in [0.25, 0.3) is 0 Å². The van der Waals surface area contributed by atoms with Crippen molar-refractivity contribution in [2.24, 2.45) is 0 Å². The highest BCUT2D eigenvalue weighted by atomic mass is 16.3. The third-order valence-corrected chi connectivity index (χ3v) is 12.4. The zero-order valence-corrected chi connectivity index (χ0v) is 33.3. The van der Waals surface area contributed by atoms with E-state index in [0.717, 1.165) is 71.7 Å². The average Bonchev–Trinajstić information content (AvgIpc) is 3.88. The fourth-order valence-electron chi connectivity index (χ4n) is 9.54. The summed E-state index contributed by atoms with van der Waals surface area (Å²) in [7, 11) is 0. The van der Waals surface area contributed by atoms with Gasteiger partial charge in [0.2, 0.25) is 0 Å². The second-order valence-corrected chi connectivity index (χ2v) is 15.9. The van der Waals surface area contributed by atoms with Gasteiger partial charge in [-0.15, -0.1) is 0 Å². The maximum Gasteiger partial charge on any atom is 0.165 e. The molecule has 288 valence electrons. The number of hydrogen-bond acceptors (Lipinski definition) is 4. The zero-order chi connectivity index (χ0) is 40.7. The minimum Gasteiger partial charge on any atom is -0.456 e. The molecule has 0 saturated heterocycles. The summed E-state index contributed by atoms with van der Waals surface area (Å²) in [4.78, 5) is 15.9. The summed E-state index contributed by atoms with van der Waals surface area (Å²) in [6.07, 6.45) is 0. The van der Waals surface area contributed by atoms with Crippen LogP contribution in [-0.4, -0.2) is 19.5 Å². The number of hydrogen-bond donors (Lipinski definition) is 0. The quantitative estimate of drug-likeness (QED) is 0.174. The van der Waals surface area contributed by atoms with Crippen LogP contribution in [0.15, 0.2) is 211 Å². The Morgan fingerprint density at radius 1 is 0.339 bits per heavy atom. The molecule has 0 aliphatic carbocycles. The van der Waals surface area contributed by atoms with Crippen molar-refractivity contribution in [2.75, 3.05) is 0 Å². The highest BCUT2D eigenvalue weighted by Gasteiger charge is 2.24. The predicted octanol–water partition coefficient (Wildman–Crippen LogP) is 15.0. The van der Waals surface area contributed by atoms with Gasteiger partial charge in [-0.3, -0.25) is 0 Å². The third-order valence-electron chi connectivity index (χ3n) is 12.4. The van der Waals surface area contributed by atoms with E-state index >= 15 is 0 Å². The first-order chi connectivity index (χ1) is 30.7. The second kappa shape index (κ2) is 13.6. The Morgan fingerprint density at radius 3 is 1.71 bits per heavy atom. The number of para-hydroxylation sites is 1. The van der Waals surface area contributed by atoms with Crippen LogP contribution in [0.25, 0.3) is 127 Å². The maximum absolute atomic E-state index is 6.37. The van der Waals surface area contributed by atoms with Gasteiger partial charge in [-0.05, 0) is 69.1 Å². The molecule has 62 heavy (non-hydrogen) atoms. The summed E-state index contributed by atoms with van der Waals surface area (Å²) < 4.78 is 8.86. The molecule has 0 radical (unpaired) electrons. The largest absolute Gasteiger partial charge is 0.456 e. The van der Waals surface area contributed by atoms with Crippen molar-refractivity contribution in [1.82, 2.24) is 19.5 Å². The lowest BCUT2D eigenvalue weighted by atomic mass is 9.92. The maximum atomic E-state index is 6.37. The minimum absolute atomic E-state index is 0.573. The molecule has 13 aromatic rings. The van der Waals surface area contributed by atoms with Crippen LogP contribution in [0.3, 0.4) is 0 Å². The Bertz CT molecular complexity index is 3920. The highest BCUT2D eigenvalue weighted by molar-refractivity contribution is 6.22. The first kappa shape index (κ1) is 34.5. The van der Waals surface area contributed by atoms with Crippen LogP contribution >= 0.6 is 0 Å². The van der Waals surface area contributed by atoms with Crippen molar-refractivity contribution < 1.29 is 4.42 Å². The van der Waals surface area contributed by atoms with Gasteiger partial charge in [-0.25, -0.2) is 15.0 Å². The standard InChI is InChI=1S/C57H34N4O/c1-3-15-35(16-4-1)47-34-50(61-49-32-39-21-8-7-20-38(39)31-48(49)46-30-27-36-17-9-10-22-41(36)54(46)61)42-23-11-12-25-45(42)53(47)57-59-55(37-18-5-2-6-19-37)58-56(60-57)40-28-29-44-43-24-13-14-26-51(43)62-52(44)33-40/h1-34H. The van der Waals surface area contributed by atoms with E-state index in [4.69, 9.17) is 19.4 Å². The van der Waals surface area contributed by atoms with Gasteiger partial charge in [0.05, 0.1) is 16.7 Å². The Morgan fingerprint density at radius 2 is 0.919 bits per heavy atom. The Labute approximate surface area is 355 Å². The molecule has 0 amide bonds. The molecule has 3 aromatic heterocycles. The molecule has 0 atom stereocenters. The van der Waals surface area contributed by atoms with Crippen LogP contribution in [0.2, 0.25) is 0 Å². The fourth-order valence-corrected chi connectivity index (χ4v) is 9.54. The average molecular weight is 791 g/mol. The van der Waals surface area contributed by atoms with E-state index < -0.39 is 0 Å². The molecular formula is C57H34N4O. The Balaban J connectivity index is 1.14. The van der Waals surface area contributed by atoms with Crippen LogP contribution in [-0.2, 0) is 0 Å². The summed E-state index contributed by atoms with van der Waals surface area (Å²) in [5.74, 6) is 1.77. The smallest absolute Gasteiger partial charge is 0.165 e. The van der Waals surface area contributed by atoms with Gasteiger partial charge in [-0.2, -0.15) is 0 Å². The highest BCUT2D eigenvalue weighted by Crippen LogP contribution is 2.45. The second-order valence-electron chi connectivity index (χ2n) is 15.9. The molecule has 0 fully saturated rings. The van der Waals surface area contributed by atoms with E-state index in [1.54, 1.807) is 0 Å². The normalized spacial score (nSPS) is 11.9. The molecule has 0 N–H and O–H groups in total.